The minimum absolute atomic E-state index is 0. The molecule has 1 N–H and O–H groups in total. The number of hydrogen-bond donors (Lipinski definition) is 1. The summed E-state index contributed by atoms with van der Waals surface area (Å²) in [6.07, 6.45) is 2.54. The largest absolute Gasteiger partial charge is 0.497 e. The highest BCUT2D eigenvalue weighted by atomic mass is 127. The van der Waals surface area contributed by atoms with Crippen LogP contribution < -0.4 is 10.1 Å². The Kier molecular flexibility index (Phi) is 10.8. The summed E-state index contributed by atoms with van der Waals surface area (Å²) >= 11 is 0. The predicted octanol–water partition coefficient (Wildman–Crippen LogP) is 2.52. The van der Waals surface area contributed by atoms with Crippen molar-refractivity contribution in [2.75, 3.05) is 47.6 Å². The number of halogens is 1. The SMILES string of the molecule is CN=C(NCCOCC1CCCO1)N(C)Cc1ccc(OC)cc1.I. The zero-order chi connectivity index (χ0) is 17.2. The normalized spacial score (nSPS) is 17.1. The van der Waals surface area contributed by atoms with Gasteiger partial charge in [0.2, 0.25) is 0 Å². The van der Waals surface area contributed by atoms with Crippen molar-refractivity contribution in [3.63, 3.8) is 0 Å². The monoisotopic (exact) mass is 463 g/mol. The molecule has 1 unspecified atom stereocenters. The van der Waals surface area contributed by atoms with Crippen molar-refractivity contribution in [3.8, 4) is 5.75 Å². The van der Waals surface area contributed by atoms with Gasteiger partial charge in [-0.05, 0) is 30.5 Å². The van der Waals surface area contributed by atoms with Crippen LogP contribution in [0.3, 0.4) is 0 Å². The number of guanidine groups is 1. The lowest BCUT2D eigenvalue weighted by molar-refractivity contribution is 0.0190. The molecule has 0 aliphatic carbocycles. The molecule has 1 aromatic rings. The van der Waals surface area contributed by atoms with E-state index in [0.717, 1.165) is 44.2 Å². The van der Waals surface area contributed by atoms with Gasteiger partial charge in [-0.1, -0.05) is 12.1 Å². The van der Waals surface area contributed by atoms with E-state index in [0.29, 0.717) is 13.2 Å². The van der Waals surface area contributed by atoms with Crippen LogP contribution in [0.15, 0.2) is 29.3 Å². The van der Waals surface area contributed by atoms with Gasteiger partial charge < -0.3 is 24.4 Å². The average Bonchev–Trinajstić information content (AvgIpc) is 3.12. The van der Waals surface area contributed by atoms with Crippen LogP contribution in [0.25, 0.3) is 0 Å². The van der Waals surface area contributed by atoms with Gasteiger partial charge in [-0.2, -0.15) is 0 Å². The molecule has 7 heteroatoms. The highest BCUT2D eigenvalue weighted by Gasteiger charge is 2.15. The van der Waals surface area contributed by atoms with Crippen molar-refractivity contribution in [3.05, 3.63) is 29.8 Å². The van der Waals surface area contributed by atoms with Crippen molar-refractivity contribution in [1.82, 2.24) is 10.2 Å². The number of benzene rings is 1. The van der Waals surface area contributed by atoms with E-state index >= 15 is 0 Å². The molecule has 0 saturated carbocycles. The van der Waals surface area contributed by atoms with E-state index in [4.69, 9.17) is 14.2 Å². The second-order valence-electron chi connectivity index (χ2n) is 5.89. The molecule has 1 aliphatic heterocycles. The fourth-order valence-corrected chi connectivity index (χ4v) is 2.69. The van der Waals surface area contributed by atoms with E-state index in [1.165, 1.54) is 5.56 Å². The summed E-state index contributed by atoms with van der Waals surface area (Å²) in [6.45, 7) is 3.71. The molecular weight excluding hydrogens is 433 g/mol. The van der Waals surface area contributed by atoms with Gasteiger partial charge in [0, 0.05) is 33.8 Å². The Morgan fingerprint density at radius 1 is 1.36 bits per heavy atom. The van der Waals surface area contributed by atoms with Crippen molar-refractivity contribution in [2.24, 2.45) is 4.99 Å². The van der Waals surface area contributed by atoms with Crippen molar-refractivity contribution >= 4 is 29.9 Å². The Hall–Kier alpha value is -1.06. The topological polar surface area (TPSA) is 55.3 Å². The number of nitrogens with zero attached hydrogens (tertiary/aromatic N) is 2. The van der Waals surface area contributed by atoms with Crippen LogP contribution >= 0.6 is 24.0 Å². The van der Waals surface area contributed by atoms with E-state index in [9.17, 15) is 0 Å². The summed E-state index contributed by atoms with van der Waals surface area (Å²) in [6, 6.07) is 8.07. The second-order valence-corrected chi connectivity index (χ2v) is 5.89. The maximum absolute atomic E-state index is 5.66. The van der Waals surface area contributed by atoms with Crippen LogP contribution in [0.4, 0.5) is 0 Å². The molecule has 1 aromatic carbocycles. The maximum atomic E-state index is 5.66. The van der Waals surface area contributed by atoms with Gasteiger partial charge in [0.25, 0.3) is 0 Å². The van der Waals surface area contributed by atoms with Gasteiger partial charge in [-0.25, -0.2) is 0 Å². The first kappa shape index (κ1) is 22.0. The van der Waals surface area contributed by atoms with Crippen LogP contribution in [0, 0.1) is 0 Å². The first-order valence-electron chi connectivity index (χ1n) is 8.47. The molecule has 1 saturated heterocycles. The number of nitrogens with one attached hydrogen (secondary N) is 1. The van der Waals surface area contributed by atoms with E-state index in [1.807, 2.05) is 19.2 Å². The van der Waals surface area contributed by atoms with Gasteiger partial charge in [-0.15, -0.1) is 24.0 Å². The lowest BCUT2D eigenvalue weighted by atomic mass is 10.2. The number of methoxy groups -OCH3 is 1. The van der Waals surface area contributed by atoms with E-state index in [2.05, 4.69) is 27.3 Å². The number of ether oxygens (including phenoxy) is 3. The molecular formula is C18H30IN3O3. The predicted molar refractivity (Wildman–Crippen MR) is 111 cm³/mol. The van der Waals surface area contributed by atoms with Crippen LogP contribution in [0.1, 0.15) is 18.4 Å². The molecule has 25 heavy (non-hydrogen) atoms. The van der Waals surface area contributed by atoms with Crippen molar-refractivity contribution in [1.29, 1.82) is 0 Å². The minimum atomic E-state index is 0. The van der Waals surface area contributed by atoms with Gasteiger partial charge in [0.1, 0.15) is 5.75 Å². The first-order valence-corrected chi connectivity index (χ1v) is 8.47. The lowest BCUT2D eigenvalue weighted by Gasteiger charge is -2.22. The zero-order valence-electron chi connectivity index (χ0n) is 15.4. The quantitative estimate of drug-likeness (QED) is 0.278. The number of rotatable bonds is 8. The Labute approximate surface area is 167 Å². The fourth-order valence-electron chi connectivity index (χ4n) is 2.69. The smallest absolute Gasteiger partial charge is 0.193 e. The second kappa shape index (κ2) is 12.3. The van der Waals surface area contributed by atoms with Gasteiger partial charge >= 0.3 is 0 Å². The van der Waals surface area contributed by atoms with E-state index in [1.54, 1.807) is 14.2 Å². The van der Waals surface area contributed by atoms with E-state index < -0.39 is 0 Å². The van der Waals surface area contributed by atoms with Crippen LogP contribution in [0.5, 0.6) is 5.75 Å². The standard InChI is InChI=1S/C18H29N3O3.HI/c1-19-18(20-10-12-23-14-17-5-4-11-24-17)21(2)13-15-6-8-16(22-3)9-7-15;/h6-9,17H,4-5,10-14H2,1-3H3,(H,19,20);1H. The van der Waals surface area contributed by atoms with E-state index in [-0.39, 0.29) is 30.1 Å². The number of hydrogen-bond acceptors (Lipinski definition) is 4. The first-order chi connectivity index (χ1) is 11.7. The maximum Gasteiger partial charge on any atom is 0.193 e. The summed E-state index contributed by atoms with van der Waals surface area (Å²) in [4.78, 5) is 6.40. The molecule has 2 rings (SSSR count). The molecule has 1 heterocycles. The minimum Gasteiger partial charge on any atom is -0.497 e. The molecule has 6 nitrogen and oxygen atoms in total. The molecule has 1 aliphatic rings. The van der Waals surface area contributed by atoms with Crippen LogP contribution in [0.2, 0.25) is 0 Å². The molecule has 0 radical (unpaired) electrons. The highest BCUT2D eigenvalue weighted by Crippen LogP contribution is 2.13. The van der Waals surface area contributed by atoms with Crippen molar-refractivity contribution in [2.45, 2.75) is 25.5 Å². The summed E-state index contributed by atoms with van der Waals surface area (Å²) < 4.78 is 16.4. The van der Waals surface area contributed by atoms with Gasteiger partial charge in [0.15, 0.2) is 5.96 Å². The lowest BCUT2D eigenvalue weighted by Crippen LogP contribution is -2.40. The summed E-state index contributed by atoms with van der Waals surface area (Å²) in [5.41, 5.74) is 1.20. The third-order valence-corrected chi connectivity index (χ3v) is 4.01. The summed E-state index contributed by atoms with van der Waals surface area (Å²) in [7, 11) is 5.49. The zero-order valence-corrected chi connectivity index (χ0v) is 17.7. The molecule has 0 aromatic heterocycles. The Balaban J connectivity index is 0.00000312. The molecule has 1 atom stereocenters. The average molecular weight is 463 g/mol. The highest BCUT2D eigenvalue weighted by molar-refractivity contribution is 14.0. The summed E-state index contributed by atoms with van der Waals surface area (Å²) in [5, 5.41) is 3.32. The third-order valence-electron chi connectivity index (χ3n) is 4.01. The van der Waals surface area contributed by atoms with Crippen LogP contribution in [-0.2, 0) is 16.0 Å². The Morgan fingerprint density at radius 2 is 2.12 bits per heavy atom. The van der Waals surface area contributed by atoms with Gasteiger partial charge in [-0.3, -0.25) is 4.99 Å². The van der Waals surface area contributed by atoms with Crippen LogP contribution in [-0.4, -0.2) is 64.5 Å². The fraction of sp³-hybridized carbons (Fsp3) is 0.611. The Morgan fingerprint density at radius 3 is 2.72 bits per heavy atom. The molecule has 0 amide bonds. The molecule has 142 valence electrons. The third kappa shape index (κ3) is 7.79. The number of aliphatic imine (C=N–C) groups is 1. The summed E-state index contributed by atoms with van der Waals surface area (Å²) in [5.74, 6) is 1.72. The molecule has 0 bridgehead atoms. The molecule has 0 spiro atoms. The van der Waals surface area contributed by atoms with Crippen molar-refractivity contribution < 1.29 is 14.2 Å². The van der Waals surface area contributed by atoms with Gasteiger partial charge in [0.05, 0.1) is 26.4 Å². The molecule has 1 fully saturated rings. The Bertz CT molecular complexity index is 505.